The SMILES string of the molecule is COC(=O)C1=C(O)c2cccc(C)c2NC(=O)C1. The number of anilines is 1. The summed E-state index contributed by atoms with van der Waals surface area (Å²) in [6.07, 6.45) is -0.202. The van der Waals surface area contributed by atoms with Gasteiger partial charge in [0.2, 0.25) is 5.91 Å². The van der Waals surface area contributed by atoms with Crippen LogP contribution in [-0.2, 0) is 14.3 Å². The van der Waals surface area contributed by atoms with Crippen molar-refractivity contribution >= 4 is 23.3 Å². The van der Waals surface area contributed by atoms with Gasteiger partial charge in [0, 0.05) is 5.56 Å². The van der Waals surface area contributed by atoms with E-state index in [9.17, 15) is 14.7 Å². The first-order valence-electron chi connectivity index (χ1n) is 5.45. The highest BCUT2D eigenvalue weighted by molar-refractivity contribution is 6.08. The first-order chi connectivity index (χ1) is 8.54. The topological polar surface area (TPSA) is 75.6 Å². The summed E-state index contributed by atoms with van der Waals surface area (Å²) < 4.78 is 4.57. The number of methoxy groups -OCH3 is 1. The van der Waals surface area contributed by atoms with Gasteiger partial charge in [-0.3, -0.25) is 4.79 Å². The lowest BCUT2D eigenvalue weighted by molar-refractivity contribution is -0.137. The molecule has 94 valence electrons. The van der Waals surface area contributed by atoms with Gasteiger partial charge in [0.15, 0.2) is 0 Å². The molecule has 0 saturated carbocycles. The van der Waals surface area contributed by atoms with Gasteiger partial charge in [-0.05, 0) is 18.6 Å². The van der Waals surface area contributed by atoms with Gasteiger partial charge in [-0.1, -0.05) is 12.1 Å². The van der Waals surface area contributed by atoms with Crippen LogP contribution in [0.1, 0.15) is 17.5 Å². The molecule has 0 spiro atoms. The van der Waals surface area contributed by atoms with Crippen molar-refractivity contribution < 1.29 is 19.4 Å². The van der Waals surface area contributed by atoms with Crippen molar-refractivity contribution in [2.75, 3.05) is 12.4 Å². The van der Waals surface area contributed by atoms with Crippen LogP contribution in [0.15, 0.2) is 23.8 Å². The van der Waals surface area contributed by atoms with Crippen molar-refractivity contribution in [3.8, 4) is 0 Å². The van der Waals surface area contributed by atoms with Crippen LogP contribution in [0, 0.1) is 6.92 Å². The number of benzene rings is 1. The van der Waals surface area contributed by atoms with Gasteiger partial charge in [-0.25, -0.2) is 4.79 Å². The third-order valence-electron chi connectivity index (χ3n) is 2.85. The van der Waals surface area contributed by atoms with Crippen molar-refractivity contribution in [3.05, 3.63) is 34.9 Å². The molecular weight excluding hydrogens is 234 g/mol. The number of nitrogens with one attached hydrogen (secondary N) is 1. The number of para-hydroxylation sites is 1. The number of aryl methyl sites for hydroxylation is 1. The van der Waals surface area contributed by atoms with Crippen molar-refractivity contribution in [2.45, 2.75) is 13.3 Å². The summed E-state index contributed by atoms with van der Waals surface area (Å²) in [6.45, 7) is 1.82. The second kappa shape index (κ2) is 4.52. The molecule has 0 aliphatic carbocycles. The number of ether oxygens (including phenoxy) is 1. The average Bonchev–Trinajstić information content (AvgIpc) is 2.48. The van der Waals surface area contributed by atoms with Crippen LogP contribution < -0.4 is 5.32 Å². The molecule has 1 heterocycles. The number of amides is 1. The van der Waals surface area contributed by atoms with E-state index >= 15 is 0 Å². The standard InChI is InChI=1S/C13H13NO4/c1-7-4-3-5-8-11(7)14-10(15)6-9(12(8)16)13(17)18-2/h3-5,16H,6H2,1-2H3,(H,14,15). The molecule has 1 aromatic carbocycles. The van der Waals surface area contributed by atoms with E-state index in [0.717, 1.165) is 5.56 Å². The molecule has 18 heavy (non-hydrogen) atoms. The molecule has 5 nitrogen and oxygen atoms in total. The van der Waals surface area contributed by atoms with Crippen molar-refractivity contribution in [3.63, 3.8) is 0 Å². The minimum atomic E-state index is -0.697. The van der Waals surface area contributed by atoms with E-state index in [-0.39, 0.29) is 23.7 Å². The Morgan fingerprint density at radius 1 is 1.44 bits per heavy atom. The van der Waals surface area contributed by atoms with Crippen LogP contribution in [0.25, 0.3) is 5.76 Å². The highest BCUT2D eigenvalue weighted by atomic mass is 16.5. The fourth-order valence-electron chi connectivity index (χ4n) is 1.91. The molecule has 0 radical (unpaired) electrons. The highest BCUT2D eigenvalue weighted by Crippen LogP contribution is 2.32. The smallest absolute Gasteiger partial charge is 0.338 e. The number of esters is 1. The molecule has 0 saturated heterocycles. The first kappa shape index (κ1) is 12.2. The van der Waals surface area contributed by atoms with Crippen molar-refractivity contribution in [2.24, 2.45) is 0 Å². The molecule has 1 aliphatic rings. The molecule has 2 N–H and O–H groups in total. The number of aliphatic hydroxyl groups excluding tert-OH is 1. The molecule has 0 aromatic heterocycles. The summed E-state index contributed by atoms with van der Waals surface area (Å²) in [5.41, 5.74) is 1.75. The Balaban J connectivity index is 2.65. The zero-order valence-electron chi connectivity index (χ0n) is 10.1. The largest absolute Gasteiger partial charge is 0.507 e. The average molecular weight is 247 g/mol. The van der Waals surface area contributed by atoms with Gasteiger partial charge >= 0.3 is 5.97 Å². The number of fused-ring (bicyclic) bond motifs is 1. The lowest BCUT2D eigenvalue weighted by Crippen LogP contribution is -2.15. The Kier molecular flexibility index (Phi) is 3.06. The third kappa shape index (κ3) is 1.95. The Morgan fingerprint density at radius 3 is 2.83 bits per heavy atom. The summed E-state index contributed by atoms with van der Waals surface area (Å²) >= 11 is 0. The molecule has 0 bridgehead atoms. The predicted molar refractivity (Wildman–Crippen MR) is 66.0 cm³/mol. The maximum Gasteiger partial charge on any atom is 0.338 e. The maximum absolute atomic E-state index is 11.7. The zero-order chi connectivity index (χ0) is 13.3. The van der Waals surface area contributed by atoms with Gasteiger partial charge in [-0.15, -0.1) is 0 Å². The Bertz CT molecular complexity index is 560. The molecule has 2 rings (SSSR count). The molecule has 1 aromatic rings. The van der Waals surface area contributed by atoms with Crippen LogP contribution in [0.2, 0.25) is 0 Å². The lowest BCUT2D eigenvalue weighted by Gasteiger charge is -2.10. The fraction of sp³-hybridized carbons (Fsp3) is 0.231. The van der Waals surface area contributed by atoms with E-state index in [1.807, 2.05) is 13.0 Å². The molecular formula is C13H13NO4. The summed E-state index contributed by atoms with van der Waals surface area (Å²) in [6, 6.07) is 5.21. The number of rotatable bonds is 1. The quantitative estimate of drug-likeness (QED) is 0.742. The number of hydrogen-bond acceptors (Lipinski definition) is 4. The minimum absolute atomic E-state index is 0.0284. The number of carbonyl (C=O) groups is 2. The third-order valence-corrected chi connectivity index (χ3v) is 2.85. The minimum Gasteiger partial charge on any atom is -0.507 e. The summed E-state index contributed by atoms with van der Waals surface area (Å²) in [4.78, 5) is 23.3. The van der Waals surface area contributed by atoms with Crippen molar-refractivity contribution in [1.82, 2.24) is 0 Å². The maximum atomic E-state index is 11.7. The zero-order valence-corrected chi connectivity index (χ0v) is 10.1. The van der Waals surface area contributed by atoms with Gasteiger partial charge in [0.25, 0.3) is 0 Å². The molecule has 1 amide bonds. The van der Waals surface area contributed by atoms with Gasteiger partial charge in [0.05, 0.1) is 24.8 Å². The van der Waals surface area contributed by atoms with Crippen LogP contribution in [0.3, 0.4) is 0 Å². The predicted octanol–water partition coefficient (Wildman–Crippen LogP) is 1.78. The van der Waals surface area contributed by atoms with E-state index in [0.29, 0.717) is 11.3 Å². The Morgan fingerprint density at radius 2 is 2.17 bits per heavy atom. The van der Waals surface area contributed by atoms with Crippen LogP contribution in [-0.4, -0.2) is 24.1 Å². The van der Waals surface area contributed by atoms with Crippen molar-refractivity contribution in [1.29, 1.82) is 0 Å². The normalized spacial score (nSPS) is 14.7. The second-order valence-corrected chi connectivity index (χ2v) is 4.04. The van der Waals surface area contributed by atoms with E-state index in [1.54, 1.807) is 12.1 Å². The van der Waals surface area contributed by atoms with E-state index < -0.39 is 5.97 Å². The molecule has 0 fully saturated rings. The number of carbonyl (C=O) groups excluding carboxylic acids is 2. The molecule has 0 unspecified atom stereocenters. The number of aliphatic hydroxyl groups is 1. The van der Waals surface area contributed by atoms with Crippen LogP contribution in [0.4, 0.5) is 5.69 Å². The van der Waals surface area contributed by atoms with Crippen LogP contribution >= 0.6 is 0 Å². The Labute approximate surface area is 104 Å². The molecule has 1 aliphatic heterocycles. The highest BCUT2D eigenvalue weighted by Gasteiger charge is 2.26. The van der Waals surface area contributed by atoms with E-state index in [4.69, 9.17) is 0 Å². The van der Waals surface area contributed by atoms with E-state index in [1.165, 1.54) is 7.11 Å². The summed E-state index contributed by atoms with van der Waals surface area (Å²) in [5.74, 6) is -1.26. The molecule has 5 heteroatoms. The monoisotopic (exact) mass is 247 g/mol. The summed E-state index contributed by atoms with van der Waals surface area (Å²) in [5, 5.41) is 12.8. The fourth-order valence-corrected chi connectivity index (χ4v) is 1.91. The lowest BCUT2D eigenvalue weighted by atomic mass is 10.0. The van der Waals surface area contributed by atoms with Gasteiger partial charge in [-0.2, -0.15) is 0 Å². The second-order valence-electron chi connectivity index (χ2n) is 4.04. The molecule has 0 atom stereocenters. The number of hydrogen-bond donors (Lipinski definition) is 2. The first-order valence-corrected chi connectivity index (χ1v) is 5.45. The van der Waals surface area contributed by atoms with E-state index in [2.05, 4.69) is 10.1 Å². The summed E-state index contributed by atoms with van der Waals surface area (Å²) in [7, 11) is 1.21. The van der Waals surface area contributed by atoms with Gasteiger partial charge < -0.3 is 15.2 Å². The van der Waals surface area contributed by atoms with Gasteiger partial charge in [0.1, 0.15) is 5.76 Å². The van der Waals surface area contributed by atoms with Crippen LogP contribution in [0.5, 0.6) is 0 Å². The Hall–Kier alpha value is -2.30.